The molecule has 0 spiro atoms. The van der Waals surface area contributed by atoms with E-state index >= 15 is 0 Å². The number of rotatable bonds is 9. The van der Waals surface area contributed by atoms with Crippen LogP contribution < -0.4 is 5.73 Å². The Bertz CT molecular complexity index is 235. The number of hydrogen-bond acceptors (Lipinski definition) is 3. The Labute approximate surface area is 119 Å². The van der Waals surface area contributed by atoms with Crippen LogP contribution in [0.4, 0.5) is 0 Å². The molecule has 0 aliphatic carbocycles. The van der Waals surface area contributed by atoms with Crippen LogP contribution in [0.5, 0.6) is 0 Å². The molecule has 1 rings (SSSR count). The highest BCUT2D eigenvalue weighted by Gasteiger charge is 2.33. The normalized spacial score (nSPS) is 26.5. The van der Waals surface area contributed by atoms with E-state index in [0.717, 1.165) is 13.1 Å². The van der Waals surface area contributed by atoms with Crippen molar-refractivity contribution in [1.29, 1.82) is 0 Å². The topological polar surface area (TPSA) is 38.5 Å². The van der Waals surface area contributed by atoms with E-state index in [0.29, 0.717) is 6.04 Å². The molecule has 1 fully saturated rings. The minimum atomic E-state index is 0.0356. The number of nitrogens with two attached hydrogens (primary N) is 1. The monoisotopic (exact) mass is 270 g/mol. The van der Waals surface area contributed by atoms with Crippen LogP contribution in [0.2, 0.25) is 0 Å². The van der Waals surface area contributed by atoms with E-state index in [1.807, 2.05) is 7.11 Å². The van der Waals surface area contributed by atoms with Gasteiger partial charge in [-0.2, -0.15) is 0 Å². The van der Waals surface area contributed by atoms with Gasteiger partial charge in [0.15, 0.2) is 0 Å². The molecule has 1 saturated heterocycles. The van der Waals surface area contributed by atoms with Crippen molar-refractivity contribution in [3.63, 3.8) is 0 Å². The van der Waals surface area contributed by atoms with Crippen LogP contribution >= 0.6 is 0 Å². The standard InChI is InChI=1S/C16H34N2O/c1-4-5-6-7-8-10-15(13-17)18-12-9-11-16(2,14-18)19-3/h15H,4-14,17H2,1-3H3. The first-order valence-electron chi connectivity index (χ1n) is 8.14. The second kappa shape index (κ2) is 8.93. The molecule has 1 heterocycles. The van der Waals surface area contributed by atoms with Crippen molar-refractivity contribution in [3.05, 3.63) is 0 Å². The number of nitrogens with zero attached hydrogens (tertiary/aromatic N) is 1. The van der Waals surface area contributed by atoms with Gasteiger partial charge in [0.05, 0.1) is 5.60 Å². The maximum absolute atomic E-state index is 5.99. The molecule has 0 aromatic rings. The second-order valence-corrected chi connectivity index (χ2v) is 6.32. The molecule has 0 aromatic carbocycles. The molecular weight excluding hydrogens is 236 g/mol. The number of piperidine rings is 1. The summed E-state index contributed by atoms with van der Waals surface area (Å²) in [5.74, 6) is 0. The molecule has 0 bridgehead atoms. The summed E-state index contributed by atoms with van der Waals surface area (Å²) in [5.41, 5.74) is 6.03. The summed E-state index contributed by atoms with van der Waals surface area (Å²) in [6.07, 6.45) is 10.4. The summed E-state index contributed by atoms with van der Waals surface area (Å²) in [4.78, 5) is 2.56. The molecule has 2 unspecified atom stereocenters. The maximum atomic E-state index is 5.99. The number of hydrogen-bond donors (Lipinski definition) is 1. The molecule has 0 saturated carbocycles. The Kier molecular flexibility index (Phi) is 7.96. The molecule has 1 aliphatic rings. The quantitative estimate of drug-likeness (QED) is 0.654. The average Bonchev–Trinajstić information content (AvgIpc) is 2.43. The highest BCUT2D eigenvalue weighted by atomic mass is 16.5. The Morgan fingerprint density at radius 1 is 1.26 bits per heavy atom. The highest BCUT2D eigenvalue weighted by molar-refractivity contribution is 4.88. The molecular formula is C16H34N2O. The van der Waals surface area contributed by atoms with Crippen LogP contribution in [-0.2, 0) is 4.74 Å². The van der Waals surface area contributed by atoms with Gasteiger partial charge in [0.25, 0.3) is 0 Å². The van der Waals surface area contributed by atoms with E-state index in [2.05, 4.69) is 18.7 Å². The van der Waals surface area contributed by atoms with Gasteiger partial charge >= 0.3 is 0 Å². The molecule has 2 N–H and O–H groups in total. The van der Waals surface area contributed by atoms with Crippen molar-refractivity contribution in [2.45, 2.75) is 76.9 Å². The van der Waals surface area contributed by atoms with Gasteiger partial charge in [0.1, 0.15) is 0 Å². The van der Waals surface area contributed by atoms with Crippen LogP contribution in [0.1, 0.15) is 65.2 Å². The number of likely N-dealkylation sites (tertiary alicyclic amines) is 1. The highest BCUT2D eigenvalue weighted by Crippen LogP contribution is 2.26. The van der Waals surface area contributed by atoms with Gasteiger partial charge in [-0.25, -0.2) is 0 Å². The zero-order chi connectivity index (χ0) is 14.1. The Morgan fingerprint density at radius 2 is 2.00 bits per heavy atom. The van der Waals surface area contributed by atoms with Crippen molar-refractivity contribution in [1.82, 2.24) is 4.90 Å². The number of ether oxygens (including phenoxy) is 1. The SMILES string of the molecule is CCCCCCCC(CN)N1CCCC(C)(OC)C1. The fraction of sp³-hybridized carbons (Fsp3) is 1.00. The van der Waals surface area contributed by atoms with Gasteiger partial charge in [0, 0.05) is 26.2 Å². The van der Waals surface area contributed by atoms with Crippen LogP contribution in [0.3, 0.4) is 0 Å². The Morgan fingerprint density at radius 3 is 2.63 bits per heavy atom. The van der Waals surface area contributed by atoms with Crippen molar-refractivity contribution < 1.29 is 4.74 Å². The first-order chi connectivity index (χ1) is 9.15. The fourth-order valence-electron chi connectivity index (χ4n) is 3.16. The largest absolute Gasteiger partial charge is 0.377 e. The molecule has 0 aromatic heterocycles. The lowest BCUT2D eigenvalue weighted by Crippen LogP contribution is -2.53. The molecule has 0 amide bonds. The van der Waals surface area contributed by atoms with E-state index < -0.39 is 0 Å². The van der Waals surface area contributed by atoms with Crippen LogP contribution in [0.15, 0.2) is 0 Å². The van der Waals surface area contributed by atoms with Crippen molar-refractivity contribution in [3.8, 4) is 0 Å². The van der Waals surface area contributed by atoms with Crippen LogP contribution in [0.25, 0.3) is 0 Å². The lowest BCUT2D eigenvalue weighted by molar-refractivity contribution is -0.0612. The maximum Gasteiger partial charge on any atom is 0.0777 e. The fourth-order valence-corrected chi connectivity index (χ4v) is 3.16. The molecule has 1 aliphatic heterocycles. The lowest BCUT2D eigenvalue weighted by atomic mass is 9.92. The predicted octanol–water partition coefficient (Wildman–Crippen LogP) is 3.18. The second-order valence-electron chi connectivity index (χ2n) is 6.32. The van der Waals surface area contributed by atoms with Crippen molar-refractivity contribution in [2.75, 3.05) is 26.7 Å². The third kappa shape index (κ3) is 5.80. The summed E-state index contributed by atoms with van der Waals surface area (Å²) in [5, 5.41) is 0. The minimum Gasteiger partial charge on any atom is -0.377 e. The molecule has 2 atom stereocenters. The van der Waals surface area contributed by atoms with Gasteiger partial charge in [-0.05, 0) is 32.7 Å². The first-order valence-corrected chi connectivity index (χ1v) is 8.14. The lowest BCUT2D eigenvalue weighted by Gasteiger charge is -2.43. The van der Waals surface area contributed by atoms with Gasteiger partial charge in [-0.3, -0.25) is 4.90 Å². The van der Waals surface area contributed by atoms with E-state index in [9.17, 15) is 0 Å². The number of unbranched alkanes of at least 4 members (excludes halogenated alkanes) is 4. The summed E-state index contributed by atoms with van der Waals surface area (Å²) >= 11 is 0. The molecule has 19 heavy (non-hydrogen) atoms. The third-order valence-corrected chi connectivity index (χ3v) is 4.61. The van der Waals surface area contributed by atoms with Gasteiger partial charge in [-0.15, -0.1) is 0 Å². The first kappa shape index (κ1) is 16.9. The Hall–Kier alpha value is -0.120. The Balaban J connectivity index is 2.33. The molecule has 3 heteroatoms. The van der Waals surface area contributed by atoms with Crippen molar-refractivity contribution >= 4 is 0 Å². The third-order valence-electron chi connectivity index (χ3n) is 4.61. The summed E-state index contributed by atoms with van der Waals surface area (Å²) in [6, 6.07) is 0.552. The smallest absolute Gasteiger partial charge is 0.0777 e. The number of methoxy groups -OCH3 is 1. The average molecular weight is 270 g/mol. The summed E-state index contributed by atoms with van der Waals surface area (Å²) < 4.78 is 5.68. The zero-order valence-electron chi connectivity index (χ0n) is 13.3. The van der Waals surface area contributed by atoms with Crippen LogP contribution in [0, 0.1) is 0 Å². The van der Waals surface area contributed by atoms with Gasteiger partial charge < -0.3 is 10.5 Å². The molecule has 114 valence electrons. The predicted molar refractivity (Wildman–Crippen MR) is 82.4 cm³/mol. The van der Waals surface area contributed by atoms with E-state index in [-0.39, 0.29) is 5.60 Å². The molecule has 3 nitrogen and oxygen atoms in total. The minimum absolute atomic E-state index is 0.0356. The van der Waals surface area contributed by atoms with E-state index in [1.54, 1.807) is 0 Å². The van der Waals surface area contributed by atoms with Gasteiger partial charge in [0.2, 0.25) is 0 Å². The summed E-state index contributed by atoms with van der Waals surface area (Å²) in [7, 11) is 1.84. The van der Waals surface area contributed by atoms with Crippen molar-refractivity contribution in [2.24, 2.45) is 5.73 Å². The summed E-state index contributed by atoms with van der Waals surface area (Å²) in [6.45, 7) is 7.51. The van der Waals surface area contributed by atoms with E-state index in [1.165, 1.54) is 57.9 Å². The zero-order valence-corrected chi connectivity index (χ0v) is 13.3. The van der Waals surface area contributed by atoms with Gasteiger partial charge in [-0.1, -0.05) is 39.0 Å². The van der Waals surface area contributed by atoms with Crippen LogP contribution in [-0.4, -0.2) is 43.3 Å². The molecule has 0 radical (unpaired) electrons. The van der Waals surface area contributed by atoms with E-state index in [4.69, 9.17) is 10.5 Å².